The average molecular weight is 318 g/mol. The summed E-state index contributed by atoms with van der Waals surface area (Å²) in [4.78, 5) is 10.9. The van der Waals surface area contributed by atoms with Gasteiger partial charge in [0.2, 0.25) is 5.89 Å². The van der Waals surface area contributed by atoms with Crippen molar-refractivity contribution in [1.82, 2.24) is 20.0 Å². The Bertz CT molecular complexity index is 590. The molecule has 3 heterocycles. The minimum absolute atomic E-state index is 0.215. The summed E-state index contributed by atoms with van der Waals surface area (Å²) in [7, 11) is 1.62. The van der Waals surface area contributed by atoms with Gasteiger partial charge in [-0.1, -0.05) is 11.2 Å². The summed E-state index contributed by atoms with van der Waals surface area (Å²) in [6.07, 6.45) is 4.18. The molecule has 1 saturated heterocycles. The van der Waals surface area contributed by atoms with Gasteiger partial charge in [-0.15, -0.1) is 0 Å². The first-order valence-electron chi connectivity index (χ1n) is 7.88. The van der Waals surface area contributed by atoms with Crippen molar-refractivity contribution in [3.63, 3.8) is 0 Å². The molecular weight excluding hydrogens is 296 g/mol. The second kappa shape index (κ2) is 8.14. The second-order valence-electron chi connectivity index (χ2n) is 5.67. The molecule has 7 heteroatoms. The highest BCUT2D eigenvalue weighted by molar-refractivity contribution is 5.02. The summed E-state index contributed by atoms with van der Waals surface area (Å²) in [6.45, 7) is 3.47. The minimum Gasteiger partial charge on any atom is -0.377 e. The molecule has 0 bridgehead atoms. The Morgan fingerprint density at radius 2 is 2.30 bits per heavy atom. The van der Waals surface area contributed by atoms with E-state index < -0.39 is 0 Å². The van der Waals surface area contributed by atoms with Crippen molar-refractivity contribution in [2.24, 2.45) is 0 Å². The van der Waals surface area contributed by atoms with Gasteiger partial charge in [-0.05, 0) is 31.5 Å². The van der Waals surface area contributed by atoms with E-state index >= 15 is 0 Å². The number of likely N-dealkylation sites (tertiary alicyclic amines) is 1. The predicted molar refractivity (Wildman–Crippen MR) is 82.3 cm³/mol. The predicted octanol–water partition coefficient (Wildman–Crippen LogP) is 1.79. The van der Waals surface area contributed by atoms with Crippen molar-refractivity contribution in [3.8, 4) is 0 Å². The summed E-state index contributed by atoms with van der Waals surface area (Å²) in [5.74, 6) is 1.21. The van der Waals surface area contributed by atoms with Crippen molar-refractivity contribution in [2.45, 2.75) is 38.7 Å². The van der Waals surface area contributed by atoms with Crippen molar-refractivity contribution in [2.75, 3.05) is 20.2 Å². The van der Waals surface area contributed by atoms with E-state index in [1.807, 2.05) is 18.2 Å². The van der Waals surface area contributed by atoms with E-state index in [9.17, 15) is 0 Å². The highest BCUT2D eigenvalue weighted by Crippen LogP contribution is 2.16. The van der Waals surface area contributed by atoms with Crippen molar-refractivity contribution in [3.05, 3.63) is 41.8 Å². The third-order valence-electron chi connectivity index (χ3n) is 3.80. The van der Waals surface area contributed by atoms with Gasteiger partial charge in [0.15, 0.2) is 5.82 Å². The number of hydrogen-bond donors (Lipinski definition) is 0. The van der Waals surface area contributed by atoms with Gasteiger partial charge in [0.05, 0.1) is 24.9 Å². The molecule has 2 aromatic heterocycles. The van der Waals surface area contributed by atoms with Crippen LogP contribution in [0.15, 0.2) is 28.9 Å². The Balaban J connectivity index is 1.47. The van der Waals surface area contributed by atoms with Crippen molar-refractivity contribution < 1.29 is 14.0 Å². The Morgan fingerprint density at radius 3 is 3.13 bits per heavy atom. The first-order chi connectivity index (χ1) is 11.3. The van der Waals surface area contributed by atoms with Crippen LogP contribution >= 0.6 is 0 Å². The first-order valence-corrected chi connectivity index (χ1v) is 7.88. The van der Waals surface area contributed by atoms with Crippen LogP contribution in [-0.2, 0) is 29.2 Å². The van der Waals surface area contributed by atoms with Crippen LogP contribution in [0.4, 0.5) is 0 Å². The van der Waals surface area contributed by atoms with Gasteiger partial charge in [-0.25, -0.2) is 0 Å². The van der Waals surface area contributed by atoms with Gasteiger partial charge in [0.1, 0.15) is 6.61 Å². The zero-order valence-electron chi connectivity index (χ0n) is 13.4. The van der Waals surface area contributed by atoms with Gasteiger partial charge in [-0.3, -0.25) is 9.88 Å². The average Bonchev–Trinajstić information content (AvgIpc) is 3.02. The molecule has 0 aliphatic carbocycles. The molecule has 0 saturated carbocycles. The standard InChI is InChI=1S/C16H22N4O3/c1-21-12-15-18-16(23-19-15)10-20-8-4-6-14(9-20)22-11-13-5-2-3-7-17-13/h2-3,5,7,14H,4,6,8-12H2,1H3. The smallest absolute Gasteiger partial charge is 0.240 e. The first kappa shape index (κ1) is 16.0. The number of piperidine rings is 1. The molecule has 23 heavy (non-hydrogen) atoms. The third kappa shape index (κ3) is 4.82. The number of rotatable bonds is 7. The van der Waals surface area contributed by atoms with E-state index in [1.54, 1.807) is 13.3 Å². The minimum atomic E-state index is 0.215. The zero-order chi connectivity index (χ0) is 15.9. The van der Waals surface area contributed by atoms with Crippen LogP contribution in [0.2, 0.25) is 0 Å². The number of aromatic nitrogens is 3. The molecule has 124 valence electrons. The maximum absolute atomic E-state index is 5.99. The molecule has 1 aliphatic rings. The van der Waals surface area contributed by atoms with Crippen LogP contribution in [0.3, 0.4) is 0 Å². The Labute approximate surface area is 135 Å². The number of methoxy groups -OCH3 is 1. The van der Waals surface area contributed by atoms with Gasteiger partial charge in [0.25, 0.3) is 0 Å². The lowest BCUT2D eigenvalue weighted by Crippen LogP contribution is -2.39. The number of nitrogens with zero attached hydrogens (tertiary/aromatic N) is 4. The molecule has 0 spiro atoms. The fourth-order valence-corrected chi connectivity index (χ4v) is 2.71. The van der Waals surface area contributed by atoms with Crippen LogP contribution in [0.5, 0.6) is 0 Å². The molecule has 7 nitrogen and oxygen atoms in total. The number of pyridine rings is 1. The van der Waals surface area contributed by atoms with Gasteiger partial charge in [-0.2, -0.15) is 4.98 Å². The molecule has 0 aromatic carbocycles. The molecule has 2 aromatic rings. The van der Waals surface area contributed by atoms with E-state index in [1.165, 1.54) is 0 Å². The van der Waals surface area contributed by atoms with Crippen LogP contribution in [-0.4, -0.2) is 46.3 Å². The van der Waals surface area contributed by atoms with Crippen LogP contribution in [0.1, 0.15) is 30.3 Å². The Morgan fingerprint density at radius 1 is 1.35 bits per heavy atom. The lowest BCUT2D eigenvalue weighted by Gasteiger charge is -2.31. The topological polar surface area (TPSA) is 73.5 Å². The molecule has 3 rings (SSSR count). The fourth-order valence-electron chi connectivity index (χ4n) is 2.71. The summed E-state index contributed by atoms with van der Waals surface area (Å²) in [6, 6.07) is 5.87. The van der Waals surface area contributed by atoms with E-state index in [2.05, 4.69) is 20.0 Å². The summed E-state index contributed by atoms with van der Waals surface area (Å²) in [5.41, 5.74) is 0.964. The third-order valence-corrected chi connectivity index (χ3v) is 3.80. The molecule has 1 atom stereocenters. The molecule has 0 radical (unpaired) electrons. The van der Waals surface area contributed by atoms with Crippen LogP contribution < -0.4 is 0 Å². The molecular formula is C16H22N4O3. The summed E-state index contributed by atoms with van der Waals surface area (Å²) in [5, 5.41) is 3.89. The van der Waals surface area contributed by atoms with Gasteiger partial charge in [0, 0.05) is 19.9 Å². The van der Waals surface area contributed by atoms with Crippen LogP contribution in [0.25, 0.3) is 0 Å². The van der Waals surface area contributed by atoms with Crippen molar-refractivity contribution in [1.29, 1.82) is 0 Å². The monoisotopic (exact) mass is 318 g/mol. The number of ether oxygens (including phenoxy) is 2. The summed E-state index contributed by atoms with van der Waals surface area (Å²) < 4.78 is 16.2. The highest BCUT2D eigenvalue weighted by Gasteiger charge is 2.22. The van der Waals surface area contributed by atoms with Gasteiger partial charge >= 0.3 is 0 Å². The normalized spacial score (nSPS) is 19.1. The van der Waals surface area contributed by atoms with E-state index in [-0.39, 0.29) is 6.10 Å². The largest absolute Gasteiger partial charge is 0.377 e. The molecule has 1 aliphatic heterocycles. The van der Waals surface area contributed by atoms with E-state index in [4.69, 9.17) is 14.0 Å². The maximum Gasteiger partial charge on any atom is 0.240 e. The molecule has 0 N–H and O–H groups in total. The van der Waals surface area contributed by atoms with Crippen molar-refractivity contribution >= 4 is 0 Å². The quantitative estimate of drug-likeness (QED) is 0.770. The molecule has 0 amide bonds. The highest BCUT2D eigenvalue weighted by atomic mass is 16.5. The lowest BCUT2D eigenvalue weighted by molar-refractivity contribution is -0.0153. The second-order valence-corrected chi connectivity index (χ2v) is 5.67. The van der Waals surface area contributed by atoms with Crippen LogP contribution in [0, 0.1) is 0 Å². The van der Waals surface area contributed by atoms with E-state index in [0.717, 1.165) is 31.6 Å². The molecule has 1 fully saturated rings. The fraction of sp³-hybridized carbons (Fsp3) is 0.562. The van der Waals surface area contributed by atoms with E-state index in [0.29, 0.717) is 31.5 Å². The number of hydrogen-bond acceptors (Lipinski definition) is 7. The zero-order valence-corrected chi connectivity index (χ0v) is 13.4. The SMILES string of the molecule is COCc1noc(CN2CCCC(OCc3ccccn3)C2)n1. The lowest BCUT2D eigenvalue weighted by atomic mass is 10.1. The Hall–Kier alpha value is -1.83. The molecule has 1 unspecified atom stereocenters. The maximum atomic E-state index is 5.99. The summed E-state index contributed by atoms with van der Waals surface area (Å²) >= 11 is 0. The van der Waals surface area contributed by atoms with Gasteiger partial charge < -0.3 is 14.0 Å². The Kier molecular flexibility index (Phi) is 5.68.